The molecule has 6 aliphatic rings. The van der Waals surface area contributed by atoms with Crippen molar-refractivity contribution in [1.82, 2.24) is 183 Å². The average Bonchev–Trinajstić information content (AvgIpc) is 1.65. The summed E-state index contributed by atoms with van der Waals surface area (Å²) >= 11 is 7.21. The summed E-state index contributed by atoms with van der Waals surface area (Å²) in [7, 11) is 7.03. The highest BCUT2D eigenvalue weighted by molar-refractivity contribution is 9.11. The van der Waals surface area contributed by atoms with Crippen LogP contribution in [0.4, 0.5) is 34.9 Å². The zero-order valence-electron chi connectivity index (χ0n) is 81.8. The number of nitrogen functional groups attached to an aromatic ring is 6. The minimum absolute atomic E-state index is 0.0964. The van der Waals surface area contributed by atoms with E-state index in [0.717, 1.165) is 218 Å². The Labute approximate surface area is 861 Å². The maximum atomic E-state index is 12.4. The quantitative estimate of drug-likeness (QED) is 0.0615. The molecular formula is C93H117Br2N43O7S2. The Hall–Kier alpha value is -14.1. The summed E-state index contributed by atoms with van der Waals surface area (Å²) in [6.45, 7) is 10.4. The lowest BCUT2D eigenvalue weighted by molar-refractivity contribution is -0.141. The highest BCUT2D eigenvalue weighted by Crippen LogP contribution is 2.40. The monoisotopic (exact) mass is 2170 g/mol. The number of nitrogens with two attached hydrogens (primary N) is 6. The highest BCUT2D eigenvalue weighted by Gasteiger charge is 2.36. The molecule has 24 heterocycles. The molecule has 0 radical (unpaired) electrons. The van der Waals surface area contributed by atoms with E-state index in [4.69, 9.17) is 64.1 Å². The average molecular weight is 2170 g/mol. The molecule has 6 saturated heterocycles. The van der Waals surface area contributed by atoms with Gasteiger partial charge in [-0.15, -0.1) is 0 Å². The van der Waals surface area contributed by atoms with Crippen LogP contribution >= 0.6 is 31.9 Å². The molecule has 0 spiro atoms. The normalized spacial score (nSPS) is 20.2. The van der Waals surface area contributed by atoms with Crippen molar-refractivity contribution in [2.75, 3.05) is 138 Å². The molecule has 6 fully saturated rings. The Kier molecular flexibility index (Phi) is 30.4. The molecule has 0 amide bonds. The Balaban J connectivity index is 0.000000111. The number of aliphatic hydroxyl groups excluding tert-OH is 2. The van der Waals surface area contributed by atoms with E-state index >= 15 is 0 Å². The van der Waals surface area contributed by atoms with Crippen molar-refractivity contribution in [2.45, 2.75) is 97.7 Å². The van der Waals surface area contributed by atoms with E-state index in [0.29, 0.717) is 83.9 Å². The van der Waals surface area contributed by atoms with Gasteiger partial charge < -0.3 is 86.6 Å². The minimum Gasteiger partial charge on any atom is -0.464 e. The summed E-state index contributed by atoms with van der Waals surface area (Å²) in [5, 5.41) is 92.4. The van der Waals surface area contributed by atoms with Crippen LogP contribution in [0.25, 0.3) is 101 Å². The summed E-state index contributed by atoms with van der Waals surface area (Å²) in [6, 6.07) is 7.68. The Morgan fingerprint density at radius 1 is 0.388 bits per heavy atom. The molecule has 18 aromatic rings. The number of rotatable bonds is 16. The zero-order valence-corrected chi connectivity index (χ0v) is 86.6. The van der Waals surface area contributed by atoms with Crippen LogP contribution in [0, 0.1) is 0 Å². The van der Waals surface area contributed by atoms with Gasteiger partial charge >= 0.3 is 5.97 Å². The molecule has 24 rings (SSSR count). The number of piperidine rings is 3. The van der Waals surface area contributed by atoms with Gasteiger partial charge in [0.25, 0.3) is 0 Å². The number of sulfone groups is 1. The molecule has 0 aliphatic carbocycles. The number of nitrogens with one attached hydrogen (secondary N) is 7. The molecule has 0 bridgehead atoms. The Morgan fingerprint density at radius 3 is 1.05 bits per heavy atom. The first kappa shape index (κ1) is 102. The highest BCUT2D eigenvalue weighted by atomic mass is 79.9. The predicted octanol–water partition coefficient (Wildman–Crippen LogP) is 3.58. The molecule has 50 nitrogen and oxygen atoms in total. The fourth-order valence-corrected chi connectivity index (χ4v) is 23.0. The molecule has 18 aromatic heterocycles. The third-order valence-electron chi connectivity index (χ3n) is 26.9. The van der Waals surface area contributed by atoms with E-state index in [-0.39, 0.29) is 72.0 Å². The van der Waals surface area contributed by atoms with Crippen molar-refractivity contribution in [1.29, 1.82) is 0 Å². The third-order valence-corrected chi connectivity index (χ3v) is 32.3. The summed E-state index contributed by atoms with van der Waals surface area (Å²) in [6.07, 6.45) is 38.3. The maximum Gasteiger partial charge on any atom is 0.302 e. The number of carbonyl (C=O) groups is 1. The van der Waals surface area contributed by atoms with E-state index in [2.05, 4.69) is 135 Å². The smallest absolute Gasteiger partial charge is 0.302 e. The van der Waals surface area contributed by atoms with Crippen LogP contribution in [-0.4, -0.2) is 297 Å². The Bertz CT molecular complexity index is 7910. The van der Waals surface area contributed by atoms with Crippen molar-refractivity contribution in [3.05, 3.63) is 179 Å². The fourth-order valence-electron chi connectivity index (χ4n) is 19.0. The number of aromatic nitrogens is 30. The molecule has 9 atom stereocenters. The van der Waals surface area contributed by atoms with E-state index in [1.54, 1.807) is 131 Å². The lowest BCUT2D eigenvalue weighted by Crippen LogP contribution is -2.41. The maximum absolute atomic E-state index is 12.4. The topological polar surface area (TPSA) is 646 Å². The van der Waals surface area contributed by atoms with Gasteiger partial charge in [0, 0.05) is 308 Å². The number of anilines is 6. The van der Waals surface area contributed by atoms with Crippen molar-refractivity contribution in [2.24, 2.45) is 42.3 Å². The zero-order chi connectivity index (χ0) is 103. The molecule has 21 N–H and O–H groups in total. The first-order valence-electron chi connectivity index (χ1n) is 48.1. The van der Waals surface area contributed by atoms with Gasteiger partial charge in [-0.25, -0.2) is 38.3 Å². The largest absolute Gasteiger partial charge is 0.464 e. The van der Waals surface area contributed by atoms with Gasteiger partial charge in [-0.3, -0.25) is 37.1 Å². The number of fused-ring (bicyclic) bond motifs is 6. The number of hydrogen-bond donors (Lipinski definition) is 15. The van der Waals surface area contributed by atoms with Crippen molar-refractivity contribution < 1.29 is 32.4 Å². The first-order chi connectivity index (χ1) is 71.0. The van der Waals surface area contributed by atoms with Gasteiger partial charge in [-0.2, -0.15) is 88.3 Å². The van der Waals surface area contributed by atoms with Crippen molar-refractivity contribution in [3.8, 4) is 66.8 Å². The molecule has 54 heteroatoms. The lowest BCUT2D eigenvalue weighted by atomic mass is 9.92. The predicted molar refractivity (Wildman–Crippen MR) is 562 cm³/mol. The van der Waals surface area contributed by atoms with Gasteiger partial charge in [0.15, 0.2) is 43.7 Å². The van der Waals surface area contributed by atoms with E-state index in [1.807, 2.05) is 97.8 Å². The van der Waals surface area contributed by atoms with Crippen LogP contribution < -0.4 is 71.6 Å². The summed E-state index contributed by atoms with van der Waals surface area (Å²) < 4.78 is 63.9. The van der Waals surface area contributed by atoms with Crippen molar-refractivity contribution in [3.63, 3.8) is 0 Å². The third kappa shape index (κ3) is 21.9. The second kappa shape index (κ2) is 43.9. The number of ether oxygens (including phenoxy) is 1. The van der Waals surface area contributed by atoms with Gasteiger partial charge in [0.2, 0.25) is 0 Å². The van der Waals surface area contributed by atoms with E-state index < -0.39 is 25.9 Å². The SMILES string of the molecule is CC(=O)OC[C@@H]1CC[C@H](c2cc(N)n3ncc(-c4cnn(C)c4)c3n2)CN1.Cn1cc(-c2cnn3c(N)c(Br)c(C4CNCCNC4)nc23)cn1.Cn1cc(-c2cnn3c(N)c(Br)c([C@H]4CC[C@@H](CO)NC4)nc23)cn1.Cn1cc(-c2cnn3c(N)cc(C4CNCCS4(=O)=O)nc23)cn1.Cn1cc(-c2cnn3c(N)cc(C4CNCCS4=O)nc23)cn1.Cn1cc(-c2cnn3c(N)cc([C@H]4CC[C@@H](CO)NC4)nc23)cn1. The molecule has 0 saturated carbocycles. The first-order valence-corrected chi connectivity index (χ1v) is 52.8. The second-order valence-corrected chi connectivity index (χ2v) is 42.9. The van der Waals surface area contributed by atoms with Gasteiger partial charge in [-0.05, 0) is 70.4 Å². The number of esters is 1. The molecule has 3 unspecified atom stereocenters. The van der Waals surface area contributed by atoms with Crippen LogP contribution in [0.3, 0.4) is 0 Å². The van der Waals surface area contributed by atoms with Crippen LogP contribution in [0.1, 0.15) is 114 Å². The van der Waals surface area contributed by atoms with E-state index in [1.165, 1.54) is 11.4 Å². The Morgan fingerprint density at radius 2 is 0.707 bits per heavy atom. The van der Waals surface area contributed by atoms with E-state index in [9.17, 15) is 27.6 Å². The molecule has 6 aliphatic heterocycles. The van der Waals surface area contributed by atoms with Gasteiger partial charge in [0.1, 0.15) is 46.8 Å². The number of hydrogen-bond acceptors (Lipinski definition) is 38. The summed E-state index contributed by atoms with van der Waals surface area (Å²) in [5.41, 5.74) is 57.3. The molecule has 147 heavy (non-hydrogen) atoms. The van der Waals surface area contributed by atoms with Crippen LogP contribution in [0.2, 0.25) is 0 Å². The van der Waals surface area contributed by atoms with Crippen LogP contribution in [0.15, 0.2) is 145 Å². The number of nitrogens with zero attached hydrogens (tertiary/aromatic N) is 30. The number of carbonyl (C=O) groups excluding carboxylic acids is 1. The van der Waals surface area contributed by atoms with Crippen molar-refractivity contribution >= 4 is 127 Å². The minimum atomic E-state index is -3.25. The molecule has 772 valence electrons. The number of aryl methyl sites for hydroxylation is 6. The van der Waals surface area contributed by atoms with Crippen LogP contribution in [0.5, 0.6) is 0 Å². The summed E-state index contributed by atoms with van der Waals surface area (Å²) in [5.74, 6) is 4.59. The van der Waals surface area contributed by atoms with Crippen LogP contribution in [-0.2, 0) is 72.5 Å². The van der Waals surface area contributed by atoms with Gasteiger partial charge in [-0.1, -0.05) is 0 Å². The molecule has 0 aromatic carbocycles. The van der Waals surface area contributed by atoms with Gasteiger partial charge in [0.05, 0.1) is 142 Å². The summed E-state index contributed by atoms with van der Waals surface area (Å²) in [4.78, 5) is 39.7. The number of aliphatic hydroxyl groups is 2. The lowest BCUT2D eigenvalue weighted by Gasteiger charge is -2.29. The second-order valence-electron chi connectivity index (χ2n) is 37.2. The fraction of sp³-hybridized carbons (Fsp3) is 0.409. The standard InChI is InChI=1S/C18H23N7O2.C16H20BrN7O.C16H21N7O.C15H19BrN8.C14H17N7O2S.C14H17N7OS/c1-11(26)27-10-14-4-3-12(6-20-14)16-5-17(19)25-18(23-16)15(8-22-25)13-7-21-24(2)9-13;1-23-7-10(5-20-23)12-6-21-24-15(18)13(17)14(22-16(12)24)9-2-3-11(8-25)19-4-9;1-22-8-11(6-19-22)13-7-20-23-15(17)4-14(21-16(13)23)10-2-3-12(9-24)18-5-10;1-23-8-10(6-20-23)11-7-21-24-14(17)12(16)13(22-15(11)24)9-4-18-2-3-19-5-9;1-20-8-9(5-17-20)10-6-18-21-13(15)4-11(19-14(10)21)12-7-16-2-3-24(12,22)23;1-20-8-9(5-17-20)10-6-18-21-13(15)4-11(19-14(10)21)12-7-16-2-3-23(12)22/h5,7-9,12,14,20H,3-4,6,10,19H2,1-2H3;5-7,9,11,19,25H,2-4,8,18H2,1H3;4,6-8,10,12,18,24H,2-3,5,9,17H2,1H3;6-9,18-19H,2-5,17H2,1H3;4-6,8,12,16H,2-3,7,15H2,1H3;4-6,8,12,16H,2-3,7,15H2,1H3/t12-,14-;9-,11-;10-,12-;;;/m000.../s1. The molecular weight excluding hydrogens is 2060 g/mol. The number of halogens is 2.